The molecule has 1 fully saturated rings. The van der Waals surface area contributed by atoms with Crippen molar-refractivity contribution >= 4 is 27.4 Å². The Balaban J connectivity index is 1.85. The van der Waals surface area contributed by atoms with Gasteiger partial charge in [0.15, 0.2) is 0 Å². The van der Waals surface area contributed by atoms with Crippen LogP contribution in [0.4, 0.5) is 11.5 Å². The molecule has 0 saturated carbocycles. The monoisotopic (exact) mass is 388 g/mol. The van der Waals surface area contributed by atoms with Crippen LogP contribution in [0.3, 0.4) is 0 Å². The molecule has 0 aliphatic carbocycles. The van der Waals surface area contributed by atoms with Crippen LogP contribution in [-0.4, -0.2) is 36.2 Å². The van der Waals surface area contributed by atoms with E-state index in [2.05, 4.69) is 15.5 Å². The maximum Gasteiger partial charge on any atom is 0.243 e. The molecule has 1 amide bonds. The van der Waals surface area contributed by atoms with Crippen molar-refractivity contribution in [1.29, 1.82) is 0 Å². The van der Waals surface area contributed by atoms with Gasteiger partial charge in [-0.3, -0.25) is 4.79 Å². The van der Waals surface area contributed by atoms with E-state index in [0.717, 1.165) is 12.1 Å². The summed E-state index contributed by atoms with van der Waals surface area (Å²) < 4.78 is 27.3. The van der Waals surface area contributed by atoms with Crippen LogP contribution >= 0.6 is 0 Å². The van der Waals surface area contributed by atoms with Crippen LogP contribution < -0.4 is 5.32 Å². The van der Waals surface area contributed by atoms with Gasteiger partial charge in [0.1, 0.15) is 17.5 Å². The number of carbonyl (C=O) groups excluding carboxylic acids is 1. The number of sulfonamides is 1. The number of anilines is 1. The summed E-state index contributed by atoms with van der Waals surface area (Å²) in [4.78, 5) is 27.6. The van der Waals surface area contributed by atoms with E-state index in [-0.39, 0.29) is 17.1 Å². The molecule has 1 atom stereocenters. The maximum atomic E-state index is 13.0. The number of carbonyl (C=O) groups is 1. The molecule has 2 heterocycles. The van der Waals surface area contributed by atoms with E-state index in [0.29, 0.717) is 18.7 Å². The Labute approximate surface area is 157 Å². The lowest BCUT2D eigenvalue weighted by atomic mass is 10.0. The van der Waals surface area contributed by atoms with Crippen LogP contribution in [-0.2, 0) is 14.8 Å². The first-order valence-corrected chi connectivity index (χ1v) is 10.1. The number of benzene rings is 1. The van der Waals surface area contributed by atoms with Crippen LogP contribution in [0.15, 0.2) is 52.5 Å². The summed E-state index contributed by atoms with van der Waals surface area (Å²) in [5.41, 5.74) is 0.900. The Kier molecular flexibility index (Phi) is 5.62. The standard InChI is InChI=1S/C18H20N4O4S/c1-13-5-4-7-17(19-13)20-18(23)16-6-2-3-12-22(16)27(25,26)15-10-8-14(21-24)9-11-15/h4-5,7-11,16H,2-3,6,12H2,1H3,(H,19,20,23). The van der Waals surface area contributed by atoms with E-state index < -0.39 is 22.0 Å². The van der Waals surface area contributed by atoms with E-state index in [9.17, 15) is 18.1 Å². The van der Waals surface area contributed by atoms with Crippen LogP contribution in [0.25, 0.3) is 0 Å². The number of hydrogen-bond acceptors (Lipinski definition) is 6. The van der Waals surface area contributed by atoms with E-state index in [1.54, 1.807) is 12.1 Å². The van der Waals surface area contributed by atoms with Crippen molar-refractivity contribution < 1.29 is 13.2 Å². The average Bonchev–Trinajstić information content (AvgIpc) is 2.68. The molecule has 3 rings (SSSR count). The third-order valence-corrected chi connectivity index (χ3v) is 6.37. The Morgan fingerprint density at radius 1 is 1.19 bits per heavy atom. The number of pyridine rings is 1. The predicted octanol–water partition coefficient (Wildman–Crippen LogP) is 2.97. The Morgan fingerprint density at radius 3 is 2.59 bits per heavy atom. The first-order chi connectivity index (χ1) is 12.9. The largest absolute Gasteiger partial charge is 0.309 e. The van der Waals surface area contributed by atoms with Gasteiger partial charge < -0.3 is 5.32 Å². The lowest BCUT2D eigenvalue weighted by Gasteiger charge is -2.33. The normalized spacial score (nSPS) is 18.0. The number of nitroso groups, excluding NO2 is 1. The van der Waals surface area contributed by atoms with E-state index >= 15 is 0 Å². The molecule has 1 aliphatic rings. The summed E-state index contributed by atoms with van der Waals surface area (Å²) in [6.45, 7) is 2.07. The third kappa shape index (κ3) is 4.20. The highest BCUT2D eigenvalue weighted by atomic mass is 32.2. The lowest BCUT2D eigenvalue weighted by Crippen LogP contribution is -2.49. The minimum absolute atomic E-state index is 0.0308. The second-order valence-corrected chi connectivity index (χ2v) is 8.26. The van der Waals surface area contributed by atoms with Crippen molar-refractivity contribution in [3.05, 3.63) is 53.1 Å². The number of nitrogens with one attached hydrogen (secondary N) is 1. The quantitative estimate of drug-likeness (QED) is 0.792. The fraction of sp³-hybridized carbons (Fsp3) is 0.333. The second-order valence-electron chi connectivity index (χ2n) is 6.37. The zero-order valence-corrected chi connectivity index (χ0v) is 15.6. The van der Waals surface area contributed by atoms with Crippen molar-refractivity contribution in [3.63, 3.8) is 0 Å². The van der Waals surface area contributed by atoms with Crippen molar-refractivity contribution in [3.8, 4) is 0 Å². The van der Waals surface area contributed by atoms with Gasteiger partial charge in [0.25, 0.3) is 0 Å². The number of rotatable bonds is 5. The molecule has 2 aromatic rings. The smallest absolute Gasteiger partial charge is 0.243 e. The summed E-state index contributed by atoms with van der Waals surface area (Å²) in [5, 5.41) is 5.49. The van der Waals surface area contributed by atoms with Crippen LogP contribution in [0.5, 0.6) is 0 Å². The van der Waals surface area contributed by atoms with E-state index in [1.807, 2.05) is 13.0 Å². The Hall–Kier alpha value is -2.65. The highest BCUT2D eigenvalue weighted by Crippen LogP contribution is 2.27. The number of nitrogens with zero attached hydrogens (tertiary/aromatic N) is 3. The number of aromatic nitrogens is 1. The van der Waals surface area contributed by atoms with Gasteiger partial charge in [0, 0.05) is 12.2 Å². The van der Waals surface area contributed by atoms with Crippen LogP contribution in [0.2, 0.25) is 0 Å². The SMILES string of the molecule is Cc1cccc(NC(=O)C2CCCCN2S(=O)(=O)c2ccc(N=O)cc2)n1. The fourth-order valence-electron chi connectivity index (χ4n) is 3.09. The zero-order chi connectivity index (χ0) is 19.4. The van der Waals surface area contributed by atoms with Gasteiger partial charge in [-0.15, -0.1) is 4.91 Å². The lowest BCUT2D eigenvalue weighted by molar-refractivity contribution is -0.120. The minimum atomic E-state index is -3.87. The van der Waals surface area contributed by atoms with Crippen LogP contribution in [0.1, 0.15) is 25.0 Å². The molecule has 0 radical (unpaired) electrons. The third-order valence-electron chi connectivity index (χ3n) is 4.44. The van der Waals surface area contributed by atoms with Crippen molar-refractivity contribution in [2.45, 2.75) is 37.1 Å². The van der Waals surface area contributed by atoms with Gasteiger partial charge in [-0.25, -0.2) is 13.4 Å². The topological polar surface area (TPSA) is 109 Å². The molecule has 142 valence electrons. The number of piperidine rings is 1. The van der Waals surface area contributed by atoms with E-state index in [4.69, 9.17) is 0 Å². The summed E-state index contributed by atoms with van der Waals surface area (Å²) in [5.74, 6) is -0.00751. The average molecular weight is 388 g/mol. The molecule has 8 nitrogen and oxygen atoms in total. The summed E-state index contributed by atoms with van der Waals surface area (Å²) >= 11 is 0. The van der Waals surface area contributed by atoms with Gasteiger partial charge in [-0.2, -0.15) is 4.31 Å². The molecular formula is C18H20N4O4S. The van der Waals surface area contributed by atoms with Gasteiger partial charge in [0.2, 0.25) is 15.9 Å². The second kappa shape index (κ2) is 7.93. The van der Waals surface area contributed by atoms with Gasteiger partial charge in [-0.05, 0) is 61.3 Å². The van der Waals surface area contributed by atoms with Crippen molar-refractivity contribution in [1.82, 2.24) is 9.29 Å². The first-order valence-electron chi connectivity index (χ1n) is 8.61. The fourth-order valence-corrected chi connectivity index (χ4v) is 4.75. The molecule has 27 heavy (non-hydrogen) atoms. The molecule has 0 spiro atoms. The summed E-state index contributed by atoms with van der Waals surface area (Å²) in [7, 11) is -3.87. The zero-order valence-electron chi connectivity index (χ0n) is 14.8. The number of hydrogen-bond donors (Lipinski definition) is 1. The Bertz CT molecular complexity index is 944. The number of aryl methyl sites for hydroxylation is 1. The molecule has 9 heteroatoms. The van der Waals surface area contributed by atoms with Gasteiger partial charge in [0.05, 0.1) is 4.90 Å². The van der Waals surface area contributed by atoms with Crippen molar-refractivity contribution in [2.75, 3.05) is 11.9 Å². The van der Waals surface area contributed by atoms with Crippen LogP contribution in [0, 0.1) is 11.8 Å². The molecule has 1 aromatic carbocycles. The Morgan fingerprint density at radius 2 is 1.93 bits per heavy atom. The molecule has 1 unspecified atom stereocenters. The van der Waals surface area contributed by atoms with Gasteiger partial charge in [-0.1, -0.05) is 12.5 Å². The summed E-state index contributed by atoms with van der Waals surface area (Å²) in [6, 6.07) is 9.79. The maximum absolute atomic E-state index is 13.0. The van der Waals surface area contributed by atoms with Gasteiger partial charge >= 0.3 is 0 Å². The first kappa shape index (κ1) is 19.1. The molecule has 1 aliphatic heterocycles. The highest BCUT2D eigenvalue weighted by molar-refractivity contribution is 7.89. The summed E-state index contributed by atoms with van der Waals surface area (Å²) in [6.07, 6.45) is 1.88. The predicted molar refractivity (Wildman–Crippen MR) is 101 cm³/mol. The number of amides is 1. The molecule has 0 bridgehead atoms. The van der Waals surface area contributed by atoms with Crippen molar-refractivity contribution in [2.24, 2.45) is 5.18 Å². The molecule has 1 aromatic heterocycles. The minimum Gasteiger partial charge on any atom is -0.309 e. The molecule has 1 N–H and O–H groups in total. The van der Waals surface area contributed by atoms with E-state index in [1.165, 1.54) is 28.6 Å². The molecule has 1 saturated heterocycles. The molecular weight excluding hydrogens is 368 g/mol. The highest BCUT2D eigenvalue weighted by Gasteiger charge is 2.37.